The summed E-state index contributed by atoms with van der Waals surface area (Å²) in [6.07, 6.45) is 0. The van der Waals surface area contributed by atoms with Crippen molar-refractivity contribution < 1.29 is 4.42 Å². The minimum atomic E-state index is 0.374. The van der Waals surface area contributed by atoms with Crippen LogP contribution in [0.2, 0.25) is 0 Å². The summed E-state index contributed by atoms with van der Waals surface area (Å²) >= 11 is 0. The number of rotatable bonds is 5. The molecule has 6 nitrogen and oxygen atoms in total. The number of furan rings is 1. The first-order valence-electron chi connectivity index (χ1n) is 22.7. The van der Waals surface area contributed by atoms with Crippen molar-refractivity contribution in [3.05, 3.63) is 229 Å². The lowest BCUT2D eigenvalue weighted by molar-refractivity contribution is 0.673. The monoisotopic (exact) mass is 865 g/mol. The Morgan fingerprint density at radius 1 is 0.397 bits per heavy atom. The lowest BCUT2D eigenvalue weighted by atomic mass is 10.0. The molecule has 0 bridgehead atoms. The van der Waals surface area contributed by atoms with E-state index < -0.39 is 0 Å². The van der Waals surface area contributed by atoms with E-state index in [-0.39, 0.29) is 0 Å². The molecule has 0 saturated heterocycles. The van der Waals surface area contributed by atoms with Crippen molar-refractivity contribution in [3.63, 3.8) is 0 Å². The zero-order valence-electron chi connectivity index (χ0n) is 36.4. The Labute approximate surface area is 389 Å². The fourth-order valence-corrected chi connectivity index (χ4v) is 10.9. The molecule has 0 radical (unpaired) electrons. The average molecular weight is 866 g/mol. The smallest absolute Gasteiger partial charge is 0.214 e. The predicted octanol–water partition coefficient (Wildman–Crippen LogP) is 16.6. The van der Waals surface area contributed by atoms with Gasteiger partial charge in [0.2, 0.25) is 5.69 Å². The van der Waals surface area contributed by atoms with E-state index in [0.717, 1.165) is 110 Å². The molecule has 0 saturated carbocycles. The summed E-state index contributed by atoms with van der Waals surface area (Å²) in [5, 5.41) is 19.8. The zero-order chi connectivity index (χ0) is 45.0. The van der Waals surface area contributed by atoms with Gasteiger partial charge in [-0.25, -0.2) is 4.85 Å². The molecule has 10 aromatic carbocycles. The number of aromatic nitrogens is 3. The quantitative estimate of drug-likeness (QED) is 0.162. The van der Waals surface area contributed by atoms with Crippen molar-refractivity contribution in [3.8, 4) is 45.4 Å². The minimum Gasteiger partial charge on any atom is -0.455 e. The van der Waals surface area contributed by atoms with Crippen LogP contribution >= 0.6 is 0 Å². The standard InChI is InChI=1S/C62H35N5O/c1-64-52-36-44(32-42(37-63)61(52)67-55-28-24-40(38-14-4-2-5-15-38)33-49(55)50-34-41(25-29-56(50)67)39-16-6-3-7-17-39)66-57-30-26-43(65-53-21-11-8-18-45(53)46-19-9-12-22-54(46)65)35-51(57)60-58(66)31-27-48-47-20-10-13-23-59(47)68-62(48)60/h2-36H. The normalized spacial score (nSPS) is 11.8. The Morgan fingerprint density at radius 2 is 0.926 bits per heavy atom. The van der Waals surface area contributed by atoms with Gasteiger partial charge < -0.3 is 18.1 Å². The molecule has 14 aromatic rings. The Bertz CT molecular complexity index is 4330. The van der Waals surface area contributed by atoms with Gasteiger partial charge in [-0.3, -0.25) is 0 Å². The number of benzene rings is 10. The summed E-state index contributed by atoms with van der Waals surface area (Å²) in [5.74, 6) is 0. The van der Waals surface area contributed by atoms with Gasteiger partial charge in [0.25, 0.3) is 0 Å². The number of nitriles is 1. The summed E-state index contributed by atoms with van der Waals surface area (Å²) in [6.45, 7) is 8.80. The summed E-state index contributed by atoms with van der Waals surface area (Å²) in [4.78, 5) is 4.24. The molecular formula is C62H35N5O. The van der Waals surface area contributed by atoms with Crippen LogP contribution in [0, 0.1) is 17.9 Å². The summed E-state index contributed by atoms with van der Waals surface area (Å²) in [6, 6.07) is 76.4. The molecule has 0 aliphatic carbocycles. The van der Waals surface area contributed by atoms with Crippen molar-refractivity contribution >= 4 is 93.0 Å². The number of hydrogen-bond acceptors (Lipinski definition) is 2. The highest BCUT2D eigenvalue weighted by atomic mass is 16.3. The van der Waals surface area contributed by atoms with E-state index in [0.29, 0.717) is 16.9 Å². The Hall–Kier alpha value is -9.62. The first-order chi connectivity index (χ1) is 33.6. The lowest BCUT2D eigenvalue weighted by Gasteiger charge is -2.16. The van der Waals surface area contributed by atoms with Crippen LogP contribution in [-0.2, 0) is 0 Å². The molecule has 0 amide bonds. The maximum absolute atomic E-state index is 11.3. The molecule has 0 aliphatic rings. The number of hydrogen-bond donors (Lipinski definition) is 0. The van der Waals surface area contributed by atoms with Gasteiger partial charge in [0.05, 0.1) is 56.3 Å². The molecule has 0 atom stereocenters. The number of fused-ring (bicyclic) bond motifs is 13. The Balaban J connectivity index is 1.04. The van der Waals surface area contributed by atoms with Crippen LogP contribution in [0.3, 0.4) is 0 Å². The van der Waals surface area contributed by atoms with Gasteiger partial charge in [0.15, 0.2) is 0 Å². The predicted molar refractivity (Wildman–Crippen MR) is 279 cm³/mol. The van der Waals surface area contributed by atoms with E-state index in [4.69, 9.17) is 11.0 Å². The van der Waals surface area contributed by atoms with Crippen LogP contribution in [0.15, 0.2) is 217 Å². The molecule has 0 aliphatic heterocycles. The fourth-order valence-electron chi connectivity index (χ4n) is 10.9. The topological polar surface area (TPSA) is 56.1 Å². The number of para-hydroxylation sites is 3. The first-order valence-corrected chi connectivity index (χ1v) is 22.7. The van der Waals surface area contributed by atoms with E-state index in [9.17, 15) is 5.26 Å². The third-order valence-corrected chi connectivity index (χ3v) is 13.9. The highest BCUT2D eigenvalue weighted by molar-refractivity contribution is 6.24. The van der Waals surface area contributed by atoms with Crippen LogP contribution in [0.1, 0.15) is 5.56 Å². The van der Waals surface area contributed by atoms with Gasteiger partial charge in [-0.15, -0.1) is 0 Å². The number of nitrogens with zero attached hydrogens (tertiary/aromatic N) is 5. The molecule has 68 heavy (non-hydrogen) atoms. The Kier molecular flexibility index (Phi) is 8.01. The molecule has 14 rings (SSSR count). The zero-order valence-corrected chi connectivity index (χ0v) is 36.4. The Morgan fingerprint density at radius 3 is 1.56 bits per heavy atom. The minimum absolute atomic E-state index is 0.374. The van der Waals surface area contributed by atoms with Gasteiger partial charge in [-0.05, 0) is 107 Å². The molecule has 314 valence electrons. The van der Waals surface area contributed by atoms with Gasteiger partial charge in [0, 0.05) is 49.1 Å². The largest absolute Gasteiger partial charge is 0.455 e. The highest BCUT2D eigenvalue weighted by Crippen LogP contribution is 2.45. The molecule has 0 spiro atoms. The second-order valence-electron chi connectivity index (χ2n) is 17.5. The third kappa shape index (κ3) is 5.37. The fraction of sp³-hybridized carbons (Fsp3) is 0. The van der Waals surface area contributed by atoms with E-state index in [1.165, 1.54) is 10.8 Å². The SMILES string of the molecule is [C-]#[N+]c1cc(-n2c3ccc(-n4c5ccccc5c5ccccc54)cc3c3c4oc5ccccc5c4ccc32)cc(C#N)c1-n1c2ccc(-c3ccccc3)cc2c2cc(-c3ccccc3)ccc21. The molecule has 4 aromatic heterocycles. The van der Waals surface area contributed by atoms with Gasteiger partial charge in [0.1, 0.15) is 17.2 Å². The van der Waals surface area contributed by atoms with Crippen molar-refractivity contribution in [1.29, 1.82) is 5.26 Å². The van der Waals surface area contributed by atoms with Gasteiger partial charge >= 0.3 is 0 Å². The summed E-state index contributed by atoms with van der Waals surface area (Å²) in [5.41, 5.74) is 15.0. The molecule has 0 N–H and O–H groups in total. The maximum atomic E-state index is 11.3. The summed E-state index contributed by atoms with van der Waals surface area (Å²) < 4.78 is 13.4. The first kappa shape index (κ1) is 37.7. The average Bonchev–Trinajstić information content (AvgIpc) is 4.14. The third-order valence-electron chi connectivity index (χ3n) is 13.9. The van der Waals surface area contributed by atoms with Crippen LogP contribution in [0.25, 0.3) is 132 Å². The van der Waals surface area contributed by atoms with Crippen LogP contribution < -0.4 is 0 Å². The molecule has 4 heterocycles. The highest BCUT2D eigenvalue weighted by Gasteiger charge is 2.25. The van der Waals surface area contributed by atoms with Crippen molar-refractivity contribution in [2.24, 2.45) is 0 Å². The van der Waals surface area contributed by atoms with Crippen molar-refractivity contribution in [2.45, 2.75) is 0 Å². The second-order valence-corrected chi connectivity index (χ2v) is 17.5. The second kappa shape index (κ2) is 14.4. The van der Waals surface area contributed by atoms with E-state index >= 15 is 0 Å². The van der Waals surface area contributed by atoms with Crippen molar-refractivity contribution in [1.82, 2.24) is 13.7 Å². The molecular weight excluding hydrogens is 831 g/mol. The maximum Gasteiger partial charge on any atom is 0.214 e. The van der Waals surface area contributed by atoms with E-state index in [1.807, 2.05) is 42.5 Å². The van der Waals surface area contributed by atoms with Crippen molar-refractivity contribution in [2.75, 3.05) is 0 Å². The molecule has 6 heteroatoms. The lowest BCUT2D eigenvalue weighted by Crippen LogP contribution is -2.02. The van der Waals surface area contributed by atoms with Crippen LogP contribution in [0.4, 0.5) is 5.69 Å². The van der Waals surface area contributed by atoms with Gasteiger partial charge in [-0.1, -0.05) is 127 Å². The van der Waals surface area contributed by atoms with Crippen LogP contribution in [-0.4, -0.2) is 13.7 Å². The van der Waals surface area contributed by atoms with E-state index in [2.05, 4.69) is 194 Å². The molecule has 0 unspecified atom stereocenters. The molecule has 0 fully saturated rings. The summed E-state index contributed by atoms with van der Waals surface area (Å²) in [7, 11) is 0. The van der Waals surface area contributed by atoms with Crippen LogP contribution in [0.5, 0.6) is 0 Å². The van der Waals surface area contributed by atoms with E-state index in [1.54, 1.807) is 0 Å². The van der Waals surface area contributed by atoms with Gasteiger partial charge in [-0.2, -0.15) is 5.26 Å².